The van der Waals surface area contributed by atoms with Gasteiger partial charge in [-0.1, -0.05) is 26.8 Å². The summed E-state index contributed by atoms with van der Waals surface area (Å²) in [6.45, 7) is 7.83. The fourth-order valence-corrected chi connectivity index (χ4v) is 2.14. The highest BCUT2D eigenvalue weighted by Crippen LogP contribution is 2.52. The number of nitrogens with zero attached hydrogens (tertiary/aromatic N) is 1. The van der Waals surface area contributed by atoms with Crippen LogP contribution in [0, 0.1) is 5.92 Å². The van der Waals surface area contributed by atoms with Gasteiger partial charge in [-0.25, -0.2) is 0 Å². The first-order valence-corrected chi connectivity index (χ1v) is 5.78. The van der Waals surface area contributed by atoms with Gasteiger partial charge in [-0.3, -0.25) is 4.98 Å². The van der Waals surface area contributed by atoms with Crippen molar-refractivity contribution in [3.05, 3.63) is 30.1 Å². The van der Waals surface area contributed by atoms with Crippen LogP contribution in [0.25, 0.3) is 0 Å². The summed E-state index contributed by atoms with van der Waals surface area (Å²) in [5.74, 6) is 0.759. The van der Waals surface area contributed by atoms with E-state index in [1.54, 1.807) is 0 Å². The minimum absolute atomic E-state index is 0.323. The second kappa shape index (κ2) is 3.93. The minimum Gasteiger partial charge on any atom is -0.314 e. The second-order valence-corrected chi connectivity index (χ2v) is 5.10. The Morgan fingerprint density at radius 2 is 2.33 bits per heavy atom. The largest absolute Gasteiger partial charge is 0.314 e. The van der Waals surface area contributed by atoms with Crippen LogP contribution in [0.4, 0.5) is 0 Å². The van der Waals surface area contributed by atoms with Crippen molar-refractivity contribution in [1.82, 2.24) is 10.3 Å². The highest BCUT2D eigenvalue weighted by atomic mass is 14.9. The molecule has 2 unspecified atom stereocenters. The monoisotopic (exact) mass is 204 g/mol. The molecule has 1 N–H and O–H groups in total. The molecule has 2 atom stereocenters. The Kier molecular flexibility index (Phi) is 2.79. The smallest absolute Gasteiger partial charge is 0.0465 e. The van der Waals surface area contributed by atoms with Gasteiger partial charge in [0.1, 0.15) is 0 Å². The van der Waals surface area contributed by atoms with E-state index in [1.165, 1.54) is 12.1 Å². The first-order chi connectivity index (χ1) is 7.13. The van der Waals surface area contributed by atoms with Gasteiger partial charge in [0, 0.05) is 23.3 Å². The van der Waals surface area contributed by atoms with Gasteiger partial charge in [-0.15, -0.1) is 0 Å². The highest BCUT2D eigenvalue weighted by Gasteiger charge is 2.51. The van der Waals surface area contributed by atoms with E-state index in [-0.39, 0.29) is 0 Å². The van der Waals surface area contributed by atoms with Crippen molar-refractivity contribution in [2.75, 3.05) is 6.54 Å². The van der Waals surface area contributed by atoms with Gasteiger partial charge in [0.2, 0.25) is 0 Å². The second-order valence-electron chi connectivity index (χ2n) is 5.10. The zero-order valence-electron chi connectivity index (χ0n) is 9.83. The van der Waals surface area contributed by atoms with E-state index >= 15 is 0 Å². The summed E-state index contributed by atoms with van der Waals surface area (Å²) >= 11 is 0. The quantitative estimate of drug-likeness (QED) is 0.814. The number of hydrogen-bond acceptors (Lipinski definition) is 2. The molecule has 0 saturated heterocycles. The van der Waals surface area contributed by atoms with Crippen molar-refractivity contribution >= 4 is 0 Å². The topological polar surface area (TPSA) is 24.9 Å². The highest BCUT2D eigenvalue weighted by molar-refractivity contribution is 5.26. The number of aromatic nitrogens is 1. The number of hydrogen-bond donors (Lipinski definition) is 1. The molecule has 0 spiro atoms. The molecular weight excluding hydrogens is 184 g/mol. The van der Waals surface area contributed by atoms with Crippen LogP contribution in [0.3, 0.4) is 0 Å². The summed E-state index contributed by atoms with van der Waals surface area (Å²) in [4.78, 5) is 4.46. The molecule has 1 heterocycles. The van der Waals surface area contributed by atoms with E-state index in [0.29, 0.717) is 11.5 Å². The van der Waals surface area contributed by atoms with Gasteiger partial charge in [0.25, 0.3) is 0 Å². The molecule has 2 rings (SSSR count). The summed E-state index contributed by atoms with van der Waals surface area (Å²) in [5.41, 5.74) is 1.57. The predicted octanol–water partition coefficient (Wildman–Crippen LogP) is 2.36. The van der Waals surface area contributed by atoms with Crippen molar-refractivity contribution in [2.24, 2.45) is 5.92 Å². The van der Waals surface area contributed by atoms with Crippen molar-refractivity contribution in [2.45, 2.75) is 38.6 Å². The van der Waals surface area contributed by atoms with Crippen molar-refractivity contribution in [3.8, 4) is 0 Å². The van der Waals surface area contributed by atoms with Crippen LogP contribution in [0.1, 0.15) is 32.9 Å². The lowest BCUT2D eigenvalue weighted by Gasteiger charge is -2.12. The first-order valence-electron chi connectivity index (χ1n) is 5.78. The Labute approximate surface area is 92.1 Å². The van der Waals surface area contributed by atoms with E-state index in [9.17, 15) is 0 Å². The molecule has 0 aliphatic heterocycles. The molecule has 1 aromatic heterocycles. The van der Waals surface area contributed by atoms with Crippen molar-refractivity contribution in [1.29, 1.82) is 0 Å². The molecule has 15 heavy (non-hydrogen) atoms. The summed E-state index contributed by atoms with van der Waals surface area (Å²) < 4.78 is 0. The zero-order valence-corrected chi connectivity index (χ0v) is 9.83. The van der Waals surface area contributed by atoms with Crippen LogP contribution in [-0.2, 0) is 5.41 Å². The number of nitrogens with one attached hydrogen (secondary N) is 1. The average Bonchev–Trinajstić information content (AvgIpc) is 2.90. The molecule has 0 radical (unpaired) electrons. The molecule has 82 valence electrons. The standard InChI is InChI=1S/C13H20N2/c1-10(2)15-9-11-8-13(11,3)12-6-4-5-7-14-12/h4-7,10-11,15H,8-9H2,1-3H3. The third-order valence-corrected chi connectivity index (χ3v) is 3.43. The SMILES string of the molecule is CC(C)NCC1CC1(C)c1ccccn1. The van der Waals surface area contributed by atoms with Crippen molar-refractivity contribution in [3.63, 3.8) is 0 Å². The Balaban J connectivity index is 1.95. The van der Waals surface area contributed by atoms with Crippen LogP contribution in [0.2, 0.25) is 0 Å². The van der Waals surface area contributed by atoms with Crippen LogP contribution in [0.5, 0.6) is 0 Å². The van der Waals surface area contributed by atoms with E-state index in [2.05, 4.69) is 43.2 Å². The van der Waals surface area contributed by atoms with Gasteiger partial charge in [-0.05, 0) is 31.0 Å². The lowest BCUT2D eigenvalue weighted by atomic mass is 10.0. The third kappa shape index (κ3) is 2.20. The Bertz CT molecular complexity index is 321. The molecule has 2 heteroatoms. The maximum absolute atomic E-state index is 4.46. The summed E-state index contributed by atoms with van der Waals surface area (Å²) in [6, 6.07) is 6.80. The van der Waals surface area contributed by atoms with E-state index in [1.807, 2.05) is 12.3 Å². The summed E-state index contributed by atoms with van der Waals surface area (Å²) in [6.07, 6.45) is 3.16. The minimum atomic E-state index is 0.323. The molecular formula is C13H20N2. The third-order valence-electron chi connectivity index (χ3n) is 3.43. The molecule has 2 nitrogen and oxygen atoms in total. The first kappa shape index (κ1) is 10.6. The molecule has 1 saturated carbocycles. The Morgan fingerprint density at radius 1 is 1.53 bits per heavy atom. The fraction of sp³-hybridized carbons (Fsp3) is 0.615. The molecule has 1 aliphatic rings. The van der Waals surface area contributed by atoms with Crippen LogP contribution >= 0.6 is 0 Å². The van der Waals surface area contributed by atoms with Gasteiger partial charge in [0.05, 0.1) is 0 Å². The normalized spacial score (nSPS) is 29.5. The van der Waals surface area contributed by atoms with Crippen LogP contribution in [0.15, 0.2) is 24.4 Å². The fourth-order valence-electron chi connectivity index (χ4n) is 2.14. The van der Waals surface area contributed by atoms with E-state index in [4.69, 9.17) is 0 Å². The Hall–Kier alpha value is -0.890. The van der Waals surface area contributed by atoms with Gasteiger partial charge >= 0.3 is 0 Å². The maximum Gasteiger partial charge on any atom is 0.0465 e. The number of rotatable bonds is 4. The summed E-state index contributed by atoms with van der Waals surface area (Å²) in [5, 5.41) is 3.50. The average molecular weight is 204 g/mol. The van der Waals surface area contributed by atoms with Crippen molar-refractivity contribution < 1.29 is 0 Å². The molecule has 0 aromatic carbocycles. The van der Waals surface area contributed by atoms with Gasteiger partial charge < -0.3 is 5.32 Å². The van der Waals surface area contributed by atoms with E-state index < -0.39 is 0 Å². The molecule has 1 fully saturated rings. The van der Waals surface area contributed by atoms with Gasteiger partial charge in [-0.2, -0.15) is 0 Å². The van der Waals surface area contributed by atoms with Crippen LogP contribution in [-0.4, -0.2) is 17.6 Å². The van der Waals surface area contributed by atoms with Crippen LogP contribution < -0.4 is 5.32 Å². The molecule has 1 aliphatic carbocycles. The molecule has 0 bridgehead atoms. The number of pyridine rings is 1. The lowest BCUT2D eigenvalue weighted by molar-refractivity contribution is 0.524. The molecule has 0 amide bonds. The zero-order chi connectivity index (χ0) is 10.9. The van der Waals surface area contributed by atoms with E-state index in [0.717, 1.165) is 12.5 Å². The predicted molar refractivity (Wildman–Crippen MR) is 62.8 cm³/mol. The summed E-state index contributed by atoms with van der Waals surface area (Å²) in [7, 11) is 0. The van der Waals surface area contributed by atoms with Gasteiger partial charge in [0.15, 0.2) is 0 Å². The maximum atomic E-state index is 4.46. The lowest BCUT2D eigenvalue weighted by Crippen LogP contribution is -2.27. The Morgan fingerprint density at radius 3 is 2.93 bits per heavy atom. The molecule has 1 aromatic rings.